The van der Waals surface area contributed by atoms with Crippen molar-refractivity contribution in [2.24, 2.45) is 5.92 Å². The molecule has 0 saturated heterocycles. The summed E-state index contributed by atoms with van der Waals surface area (Å²) in [4.78, 5) is 0. The Morgan fingerprint density at radius 3 is 2.84 bits per heavy atom. The Morgan fingerprint density at radius 2 is 2.05 bits per heavy atom. The molecule has 19 heavy (non-hydrogen) atoms. The zero-order chi connectivity index (χ0) is 13.5. The summed E-state index contributed by atoms with van der Waals surface area (Å²) in [5.41, 5.74) is 1.37. The van der Waals surface area contributed by atoms with Crippen molar-refractivity contribution in [2.45, 2.75) is 25.2 Å². The van der Waals surface area contributed by atoms with Gasteiger partial charge in [0.15, 0.2) is 0 Å². The average Bonchev–Trinajstić information content (AvgIpc) is 2.88. The molecule has 0 aliphatic heterocycles. The summed E-state index contributed by atoms with van der Waals surface area (Å²) in [5, 5.41) is 3.32. The number of hydrogen-bond donors (Lipinski definition) is 1. The van der Waals surface area contributed by atoms with E-state index in [1.807, 2.05) is 13.1 Å². The lowest BCUT2D eigenvalue weighted by molar-refractivity contribution is 0.145. The maximum Gasteiger partial charge on any atom is 0.122 e. The fraction of sp³-hybridized carbons (Fsp3) is 0.625. The Kier molecular flexibility index (Phi) is 5.67. The molecule has 0 bridgehead atoms. The number of ether oxygens (including phenoxy) is 2. The molecule has 106 valence electrons. The minimum absolute atomic E-state index is 0.622. The third kappa shape index (κ3) is 3.71. The van der Waals surface area contributed by atoms with Gasteiger partial charge in [0.1, 0.15) is 12.4 Å². The summed E-state index contributed by atoms with van der Waals surface area (Å²) in [6, 6.07) is 8.47. The molecule has 0 spiro atoms. The van der Waals surface area contributed by atoms with Crippen LogP contribution in [0.1, 0.15) is 30.7 Å². The summed E-state index contributed by atoms with van der Waals surface area (Å²) in [6.07, 6.45) is 3.92. The molecule has 0 amide bonds. The Balaban J connectivity index is 2.09. The van der Waals surface area contributed by atoms with Gasteiger partial charge in [-0.2, -0.15) is 0 Å². The van der Waals surface area contributed by atoms with Gasteiger partial charge in [0.2, 0.25) is 0 Å². The van der Waals surface area contributed by atoms with E-state index in [4.69, 9.17) is 9.47 Å². The summed E-state index contributed by atoms with van der Waals surface area (Å²) in [7, 11) is 3.74. The van der Waals surface area contributed by atoms with Crippen LogP contribution in [0.5, 0.6) is 5.75 Å². The van der Waals surface area contributed by atoms with Gasteiger partial charge in [-0.15, -0.1) is 0 Å². The van der Waals surface area contributed by atoms with Crippen molar-refractivity contribution in [2.75, 3.05) is 33.9 Å². The Labute approximate surface area is 116 Å². The number of hydrogen-bond acceptors (Lipinski definition) is 3. The quantitative estimate of drug-likeness (QED) is 0.767. The van der Waals surface area contributed by atoms with Crippen molar-refractivity contribution in [3.8, 4) is 5.75 Å². The molecule has 2 atom stereocenters. The van der Waals surface area contributed by atoms with E-state index >= 15 is 0 Å². The van der Waals surface area contributed by atoms with Crippen LogP contribution in [0.2, 0.25) is 0 Å². The lowest BCUT2D eigenvalue weighted by atomic mass is 9.88. The molecule has 1 aromatic rings. The fourth-order valence-corrected chi connectivity index (χ4v) is 3.11. The second kappa shape index (κ2) is 7.51. The summed E-state index contributed by atoms with van der Waals surface area (Å²) in [5.74, 6) is 2.40. The van der Waals surface area contributed by atoms with E-state index in [2.05, 4.69) is 23.5 Å². The first-order chi connectivity index (χ1) is 9.36. The molecule has 0 heterocycles. The van der Waals surface area contributed by atoms with Crippen molar-refractivity contribution >= 4 is 0 Å². The van der Waals surface area contributed by atoms with Crippen LogP contribution in [-0.2, 0) is 4.74 Å². The van der Waals surface area contributed by atoms with E-state index in [1.165, 1.54) is 24.8 Å². The molecule has 1 saturated carbocycles. The van der Waals surface area contributed by atoms with Gasteiger partial charge >= 0.3 is 0 Å². The molecular formula is C16H25NO2. The SMILES string of the molecule is CNCC1CCCC1c1ccccc1OCCOC. The van der Waals surface area contributed by atoms with E-state index in [0.717, 1.165) is 18.2 Å². The van der Waals surface area contributed by atoms with Gasteiger partial charge < -0.3 is 14.8 Å². The summed E-state index contributed by atoms with van der Waals surface area (Å²) in [6.45, 7) is 2.35. The first kappa shape index (κ1) is 14.4. The van der Waals surface area contributed by atoms with Gasteiger partial charge in [-0.25, -0.2) is 0 Å². The molecule has 3 heteroatoms. The predicted molar refractivity (Wildman–Crippen MR) is 77.8 cm³/mol. The van der Waals surface area contributed by atoms with Crippen LogP contribution in [0.4, 0.5) is 0 Å². The van der Waals surface area contributed by atoms with E-state index in [9.17, 15) is 0 Å². The number of nitrogens with one attached hydrogen (secondary N) is 1. The van der Waals surface area contributed by atoms with Crippen LogP contribution in [-0.4, -0.2) is 33.9 Å². The highest BCUT2D eigenvalue weighted by molar-refractivity contribution is 5.37. The van der Waals surface area contributed by atoms with E-state index in [-0.39, 0.29) is 0 Å². The monoisotopic (exact) mass is 263 g/mol. The van der Waals surface area contributed by atoms with Gasteiger partial charge in [-0.05, 0) is 49.9 Å². The van der Waals surface area contributed by atoms with Gasteiger partial charge in [0.25, 0.3) is 0 Å². The Hall–Kier alpha value is -1.06. The molecule has 1 fully saturated rings. The van der Waals surface area contributed by atoms with Crippen LogP contribution >= 0.6 is 0 Å². The largest absolute Gasteiger partial charge is 0.491 e. The molecule has 0 radical (unpaired) electrons. The topological polar surface area (TPSA) is 30.5 Å². The van der Waals surface area contributed by atoms with Crippen molar-refractivity contribution in [1.29, 1.82) is 0 Å². The van der Waals surface area contributed by atoms with Crippen molar-refractivity contribution in [3.63, 3.8) is 0 Å². The number of para-hydroxylation sites is 1. The highest BCUT2D eigenvalue weighted by Gasteiger charge is 2.29. The Morgan fingerprint density at radius 1 is 1.21 bits per heavy atom. The van der Waals surface area contributed by atoms with E-state index in [1.54, 1.807) is 7.11 Å². The smallest absolute Gasteiger partial charge is 0.122 e. The molecule has 1 N–H and O–H groups in total. The van der Waals surface area contributed by atoms with Gasteiger partial charge in [-0.1, -0.05) is 24.6 Å². The second-order valence-electron chi connectivity index (χ2n) is 5.23. The number of benzene rings is 1. The molecule has 3 nitrogen and oxygen atoms in total. The molecular weight excluding hydrogens is 238 g/mol. The zero-order valence-electron chi connectivity index (χ0n) is 12.0. The van der Waals surface area contributed by atoms with Crippen LogP contribution in [0.15, 0.2) is 24.3 Å². The maximum absolute atomic E-state index is 5.87. The minimum atomic E-state index is 0.622. The van der Waals surface area contributed by atoms with Crippen molar-refractivity contribution < 1.29 is 9.47 Å². The standard InChI is InChI=1S/C16H25NO2/c1-17-12-13-6-5-8-14(13)15-7-3-4-9-16(15)19-11-10-18-2/h3-4,7,9,13-14,17H,5-6,8,10-12H2,1-2H3. The van der Waals surface area contributed by atoms with Crippen molar-refractivity contribution in [3.05, 3.63) is 29.8 Å². The first-order valence-electron chi connectivity index (χ1n) is 7.22. The average molecular weight is 263 g/mol. The molecule has 1 aromatic carbocycles. The first-order valence-corrected chi connectivity index (χ1v) is 7.22. The number of rotatable bonds is 7. The van der Waals surface area contributed by atoms with Gasteiger partial charge in [0.05, 0.1) is 6.61 Å². The molecule has 0 aromatic heterocycles. The van der Waals surface area contributed by atoms with Gasteiger partial charge in [-0.3, -0.25) is 0 Å². The molecule has 1 aliphatic carbocycles. The highest BCUT2D eigenvalue weighted by atomic mass is 16.5. The summed E-state index contributed by atoms with van der Waals surface area (Å²) < 4.78 is 10.9. The van der Waals surface area contributed by atoms with Crippen LogP contribution < -0.4 is 10.1 Å². The van der Waals surface area contributed by atoms with Crippen LogP contribution in [0, 0.1) is 5.92 Å². The zero-order valence-corrected chi connectivity index (χ0v) is 12.0. The fourth-order valence-electron chi connectivity index (χ4n) is 3.11. The van der Waals surface area contributed by atoms with Gasteiger partial charge in [0, 0.05) is 7.11 Å². The van der Waals surface area contributed by atoms with Crippen molar-refractivity contribution in [1.82, 2.24) is 5.32 Å². The van der Waals surface area contributed by atoms with E-state index < -0.39 is 0 Å². The summed E-state index contributed by atoms with van der Waals surface area (Å²) >= 11 is 0. The molecule has 2 rings (SSSR count). The Bertz CT molecular complexity index is 381. The second-order valence-corrected chi connectivity index (χ2v) is 5.23. The lowest BCUT2D eigenvalue weighted by Gasteiger charge is -2.22. The maximum atomic E-state index is 5.87. The lowest BCUT2D eigenvalue weighted by Crippen LogP contribution is -2.21. The third-order valence-electron chi connectivity index (χ3n) is 3.99. The number of methoxy groups -OCH3 is 1. The minimum Gasteiger partial charge on any atom is -0.491 e. The van der Waals surface area contributed by atoms with Crippen LogP contribution in [0.25, 0.3) is 0 Å². The molecule has 1 aliphatic rings. The predicted octanol–water partition coefficient (Wildman–Crippen LogP) is 2.81. The molecule has 2 unspecified atom stereocenters. The highest BCUT2D eigenvalue weighted by Crippen LogP contribution is 2.42. The normalized spacial score (nSPS) is 22.6. The third-order valence-corrected chi connectivity index (χ3v) is 3.99. The van der Waals surface area contributed by atoms with Crippen LogP contribution in [0.3, 0.4) is 0 Å². The van der Waals surface area contributed by atoms with E-state index in [0.29, 0.717) is 19.1 Å².